The fourth-order valence-corrected chi connectivity index (χ4v) is 1.99. The minimum Gasteiger partial charge on any atom is -0.463 e. The maximum absolute atomic E-state index is 11.6. The topological polar surface area (TPSA) is 88.1 Å². The van der Waals surface area contributed by atoms with E-state index >= 15 is 0 Å². The first-order valence-corrected chi connectivity index (χ1v) is 6.93. The molecule has 1 aliphatic heterocycles. The summed E-state index contributed by atoms with van der Waals surface area (Å²) in [5.74, 6) is -0.874. The summed E-state index contributed by atoms with van der Waals surface area (Å²) in [6.07, 6.45) is -0.110. The molecule has 0 amide bonds. The normalized spacial score (nSPS) is 25.2. The summed E-state index contributed by atoms with van der Waals surface area (Å²) in [6.45, 7) is 2.91. The second kappa shape index (κ2) is 8.74. The highest BCUT2D eigenvalue weighted by Crippen LogP contribution is 2.23. The fraction of sp³-hybridized carbons (Fsp3) is 0.786. The summed E-state index contributed by atoms with van der Waals surface area (Å²) in [7, 11) is 1.45. The monoisotopic (exact) mass is 302 g/mol. The maximum atomic E-state index is 11.6. The van der Waals surface area contributed by atoms with Gasteiger partial charge in [0.25, 0.3) is 0 Å². The van der Waals surface area contributed by atoms with E-state index in [1.54, 1.807) is 0 Å². The van der Waals surface area contributed by atoms with Crippen LogP contribution < -0.4 is 0 Å². The van der Waals surface area contributed by atoms with E-state index in [1.807, 2.05) is 0 Å². The predicted molar refractivity (Wildman–Crippen MR) is 71.3 cm³/mol. The molecule has 0 aliphatic carbocycles. The molecule has 7 heteroatoms. The number of rotatable bonds is 7. The van der Waals surface area contributed by atoms with Gasteiger partial charge in [-0.15, -0.1) is 0 Å². The van der Waals surface area contributed by atoms with Crippen LogP contribution in [0.25, 0.3) is 0 Å². The van der Waals surface area contributed by atoms with Crippen molar-refractivity contribution in [2.24, 2.45) is 0 Å². The largest absolute Gasteiger partial charge is 0.463 e. The Morgan fingerprint density at radius 3 is 2.43 bits per heavy atom. The van der Waals surface area contributed by atoms with Crippen LogP contribution in [0.5, 0.6) is 0 Å². The number of ether oxygens (including phenoxy) is 4. The second-order valence-electron chi connectivity index (χ2n) is 4.97. The molecule has 120 valence electrons. The number of carbonyl (C=O) groups is 3. The summed E-state index contributed by atoms with van der Waals surface area (Å²) in [4.78, 5) is 33.2. The minimum atomic E-state index is -0.694. The molecule has 7 nitrogen and oxygen atoms in total. The highest BCUT2D eigenvalue weighted by Gasteiger charge is 2.34. The van der Waals surface area contributed by atoms with Crippen molar-refractivity contribution in [1.82, 2.24) is 0 Å². The second-order valence-corrected chi connectivity index (χ2v) is 4.97. The van der Waals surface area contributed by atoms with Crippen molar-refractivity contribution >= 4 is 17.7 Å². The predicted octanol–water partition coefficient (Wildman–Crippen LogP) is 0.982. The standard InChI is InChI=1S/C14H22O7/c1-9(15)4-7-13(17)21-12-6-5-11(8-19-10(2)16)20-14(12)18-3/h11-12,14H,4-8H2,1-3H3. The lowest BCUT2D eigenvalue weighted by Gasteiger charge is -2.34. The Kier molecular flexibility index (Phi) is 7.31. The van der Waals surface area contributed by atoms with Gasteiger partial charge in [-0.1, -0.05) is 0 Å². The quantitative estimate of drug-likeness (QED) is 0.648. The summed E-state index contributed by atoms with van der Waals surface area (Å²) < 4.78 is 20.9. The average Bonchev–Trinajstić information content (AvgIpc) is 2.43. The zero-order valence-electron chi connectivity index (χ0n) is 12.6. The molecule has 0 radical (unpaired) electrons. The van der Waals surface area contributed by atoms with Gasteiger partial charge in [0, 0.05) is 20.5 Å². The number of esters is 2. The molecule has 0 N–H and O–H groups in total. The van der Waals surface area contributed by atoms with Crippen LogP contribution in [0.15, 0.2) is 0 Å². The van der Waals surface area contributed by atoms with Crippen LogP contribution in [0, 0.1) is 0 Å². The van der Waals surface area contributed by atoms with Gasteiger partial charge in [0.1, 0.15) is 12.4 Å². The van der Waals surface area contributed by atoms with Crippen molar-refractivity contribution in [1.29, 1.82) is 0 Å². The lowest BCUT2D eigenvalue weighted by Crippen LogP contribution is -2.44. The fourth-order valence-electron chi connectivity index (χ4n) is 1.99. The number of hydrogen-bond acceptors (Lipinski definition) is 7. The van der Waals surface area contributed by atoms with Crippen molar-refractivity contribution in [2.45, 2.75) is 58.0 Å². The van der Waals surface area contributed by atoms with Gasteiger partial charge in [-0.2, -0.15) is 0 Å². The van der Waals surface area contributed by atoms with Crippen LogP contribution in [0.1, 0.15) is 39.5 Å². The Hall–Kier alpha value is -1.47. The van der Waals surface area contributed by atoms with Crippen LogP contribution in [0.4, 0.5) is 0 Å². The Labute approximate surface area is 123 Å². The molecule has 1 fully saturated rings. The van der Waals surface area contributed by atoms with Crippen LogP contribution in [-0.4, -0.2) is 49.9 Å². The van der Waals surface area contributed by atoms with E-state index in [0.717, 1.165) is 0 Å². The molecule has 1 saturated heterocycles. The number of ketones is 1. The van der Waals surface area contributed by atoms with Crippen LogP contribution in [-0.2, 0) is 33.3 Å². The van der Waals surface area contributed by atoms with Crippen molar-refractivity contribution in [2.75, 3.05) is 13.7 Å². The molecule has 3 unspecified atom stereocenters. The van der Waals surface area contributed by atoms with E-state index in [4.69, 9.17) is 18.9 Å². The molecule has 1 heterocycles. The molecule has 0 saturated carbocycles. The van der Waals surface area contributed by atoms with Crippen molar-refractivity contribution in [3.63, 3.8) is 0 Å². The molecule has 0 spiro atoms. The Morgan fingerprint density at radius 2 is 1.86 bits per heavy atom. The third-order valence-corrected chi connectivity index (χ3v) is 3.07. The van der Waals surface area contributed by atoms with E-state index < -0.39 is 18.4 Å². The summed E-state index contributed by atoms with van der Waals surface area (Å²) in [5.41, 5.74) is 0. The molecule has 0 aromatic rings. The third kappa shape index (κ3) is 6.68. The Morgan fingerprint density at radius 1 is 1.14 bits per heavy atom. The van der Waals surface area contributed by atoms with E-state index in [1.165, 1.54) is 21.0 Å². The van der Waals surface area contributed by atoms with Crippen molar-refractivity contribution < 1.29 is 33.3 Å². The zero-order valence-corrected chi connectivity index (χ0v) is 12.6. The summed E-state index contributed by atoms with van der Waals surface area (Å²) in [6, 6.07) is 0. The molecule has 21 heavy (non-hydrogen) atoms. The van der Waals surface area contributed by atoms with Gasteiger partial charge in [-0.25, -0.2) is 0 Å². The third-order valence-electron chi connectivity index (χ3n) is 3.07. The van der Waals surface area contributed by atoms with Gasteiger partial charge < -0.3 is 23.7 Å². The number of Topliss-reactive ketones (excluding diaryl/α,β-unsaturated/α-hetero) is 1. The number of hydrogen-bond donors (Lipinski definition) is 0. The SMILES string of the molecule is COC1OC(COC(C)=O)CCC1OC(=O)CCC(C)=O. The van der Waals surface area contributed by atoms with Crippen LogP contribution in [0.3, 0.4) is 0 Å². The van der Waals surface area contributed by atoms with E-state index in [0.29, 0.717) is 12.8 Å². The molecule has 3 atom stereocenters. The first-order valence-electron chi connectivity index (χ1n) is 6.93. The van der Waals surface area contributed by atoms with Gasteiger partial charge in [0.15, 0.2) is 12.4 Å². The zero-order chi connectivity index (χ0) is 15.8. The van der Waals surface area contributed by atoms with Gasteiger partial charge in [-0.3, -0.25) is 9.59 Å². The molecule has 1 aliphatic rings. The first-order chi connectivity index (χ1) is 9.92. The van der Waals surface area contributed by atoms with Gasteiger partial charge in [0.2, 0.25) is 0 Å². The van der Waals surface area contributed by atoms with Gasteiger partial charge in [-0.05, 0) is 19.8 Å². The van der Waals surface area contributed by atoms with Crippen LogP contribution >= 0.6 is 0 Å². The molecule has 0 bridgehead atoms. The lowest BCUT2D eigenvalue weighted by atomic mass is 10.1. The Balaban J connectivity index is 2.41. The molecule has 0 aromatic carbocycles. The smallest absolute Gasteiger partial charge is 0.306 e. The minimum absolute atomic E-state index is 0.0547. The summed E-state index contributed by atoms with van der Waals surface area (Å²) >= 11 is 0. The molecular weight excluding hydrogens is 280 g/mol. The van der Waals surface area contributed by atoms with E-state index in [2.05, 4.69) is 0 Å². The van der Waals surface area contributed by atoms with Crippen molar-refractivity contribution in [3.05, 3.63) is 0 Å². The molecular formula is C14H22O7. The van der Waals surface area contributed by atoms with Crippen LogP contribution in [0.2, 0.25) is 0 Å². The lowest BCUT2D eigenvalue weighted by molar-refractivity contribution is -0.244. The van der Waals surface area contributed by atoms with Crippen molar-refractivity contribution in [3.8, 4) is 0 Å². The number of methoxy groups -OCH3 is 1. The maximum Gasteiger partial charge on any atom is 0.306 e. The van der Waals surface area contributed by atoms with E-state index in [-0.39, 0.29) is 37.3 Å². The van der Waals surface area contributed by atoms with E-state index in [9.17, 15) is 14.4 Å². The number of carbonyl (C=O) groups excluding carboxylic acids is 3. The van der Waals surface area contributed by atoms with Gasteiger partial charge in [0.05, 0.1) is 12.5 Å². The highest BCUT2D eigenvalue weighted by molar-refractivity contribution is 5.81. The van der Waals surface area contributed by atoms with Gasteiger partial charge >= 0.3 is 11.9 Å². The highest BCUT2D eigenvalue weighted by atomic mass is 16.7. The first kappa shape index (κ1) is 17.6. The molecule has 0 aromatic heterocycles. The average molecular weight is 302 g/mol. The summed E-state index contributed by atoms with van der Waals surface area (Å²) in [5, 5.41) is 0. The molecule has 1 rings (SSSR count). The Bertz CT molecular complexity index is 380.